The van der Waals surface area contributed by atoms with Crippen LogP contribution in [0.4, 0.5) is 0 Å². The monoisotopic (exact) mass is 299 g/mol. The molecule has 0 aromatic carbocycles. The van der Waals surface area contributed by atoms with E-state index in [0.717, 1.165) is 31.7 Å². The molecule has 1 saturated heterocycles. The summed E-state index contributed by atoms with van der Waals surface area (Å²) in [6.07, 6.45) is 3.63. The van der Waals surface area contributed by atoms with E-state index in [1.807, 2.05) is 0 Å². The maximum absolute atomic E-state index is 12.2. The standard InChI is InChI=1S/C14H21N3O2.ClH/c1-10(11-3-6-19-7-4-11)17-14(18)12-2-5-16-13(8-12)9-15;/h2,5,8,10-11H,3-4,6-7,9,15H2,1H3,(H,17,18);1H. The van der Waals surface area contributed by atoms with Gasteiger partial charge in [-0.25, -0.2) is 0 Å². The molecule has 0 bridgehead atoms. The zero-order valence-corrected chi connectivity index (χ0v) is 12.5. The fourth-order valence-corrected chi connectivity index (χ4v) is 2.35. The molecule has 1 aromatic heterocycles. The summed E-state index contributed by atoms with van der Waals surface area (Å²) >= 11 is 0. The van der Waals surface area contributed by atoms with Crippen molar-refractivity contribution in [1.29, 1.82) is 0 Å². The first kappa shape index (κ1) is 16.9. The van der Waals surface area contributed by atoms with E-state index in [-0.39, 0.29) is 24.4 Å². The third kappa shape index (κ3) is 4.44. The zero-order chi connectivity index (χ0) is 13.7. The summed E-state index contributed by atoms with van der Waals surface area (Å²) < 4.78 is 5.33. The van der Waals surface area contributed by atoms with Crippen molar-refractivity contribution < 1.29 is 9.53 Å². The summed E-state index contributed by atoms with van der Waals surface area (Å²) in [5.41, 5.74) is 6.88. The smallest absolute Gasteiger partial charge is 0.251 e. The molecule has 3 N–H and O–H groups in total. The molecule has 0 radical (unpaired) electrons. The number of hydrogen-bond donors (Lipinski definition) is 2. The lowest BCUT2D eigenvalue weighted by atomic mass is 9.93. The lowest BCUT2D eigenvalue weighted by molar-refractivity contribution is 0.0538. The number of nitrogens with one attached hydrogen (secondary N) is 1. The predicted octanol–water partition coefficient (Wildman–Crippen LogP) is 1.51. The number of hydrogen-bond acceptors (Lipinski definition) is 4. The van der Waals surface area contributed by atoms with Gasteiger partial charge in [-0.15, -0.1) is 12.4 Å². The summed E-state index contributed by atoms with van der Waals surface area (Å²) in [7, 11) is 0. The third-order valence-electron chi connectivity index (χ3n) is 3.62. The molecule has 0 aliphatic carbocycles. The highest BCUT2D eigenvalue weighted by molar-refractivity contribution is 5.94. The normalized spacial score (nSPS) is 17.1. The molecule has 2 rings (SSSR count). The molecule has 1 unspecified atom stereocenters. The zero-order valence-electron chi connectivity index (χ0n) is 11.7. The number of pyridine rings is 1. The van der Waals surface area contributed by atoms with Crippen molar-refractivity contribution in [3.05, 3.63) is 29.6 Å². The fraction of sp³-hybridized carbons (Fsp3) is 0.571. The number of nitrogens with two attached hydrogens (primary N) is 1. The van der Waals surface area contributed by atoms with Crippen LogP contribution in [0.25, 0.3) is 0 Å². The number of carbonyl (C=O) groups is 1. The molecule has 1 aromatic rings. The molecule has 1 aliphatic heterocycles. The third-order valence-corrected chi connectivity index (χ3v) is 3.62. The largest absolute Gasteiger partial charge is 0.381 e. The van der Waals surface area contributed by atoms with Crippen molar-refractivity contribution in [2.24, 2.45) is 11.7 Å². The first-order valence-corrected chi connectivity index (χ1v) is 6.74. The van der Waals surface area contributed by atoms with Gasteiger partial charge in [0.05, 0.1) is 5.69 Å². The van der Waals surface area contributed by atoms with Gasteiger partial charge in [-0.1, -0.05) is 0 Å². The second-order valence-corrected chi connectivity index (χ2v) is 4.95. The molecule has 0 saturated carbocycles. The highest BCUT2D eigenvalue weighted by atomic mass is 35.5. The Morgan fingerprint density at radius 3 is 2.90 bits per heavy atom. The average Bonchev–Trinajstić information content (AvgIpc) is 2.48. The van der Waals surface area contributed by atoms with Gasteiger partial charge in [0.1, 0.15) is 0 Å². The van der Waals surface area contributed by atoms with Gasteiger partial charge in [-0.05, 0) is 37.8 Å². The van der Waals surface area contributed by atoms with Crippen LogP contribution in [0.2, 0.25) is 0 Å². The molecule has 1 atom stereocenters. The maximum Gasteiger partial charge on any atom is 0.251 e. The fourth-order valence-electron chi connectivity index (χ4n) is 2.35. The van der Waals surface area contributed by atoms with Crippen LogP contribution in [0.5, 0.6) is 0 Å². The number of halogens is 1. The van der Waals surface area contributed by atoms with Gasteiger partial charge >= 0.3 is 0 Å². The number of nitrogens with zero attached hydrogens (tertiary/aromatic N) is 1. The minimum absolute atomic E-state index is 0. The molecular weight excluding hydrogens is 278 g/mol. The quantitative estimate of drug-likeness (QED) is 0.883. The number of amides is 1. The SMILES string of the molecule is CC(NC(=O)c1ccnc(CN)c1)C1CCOCC1.Cl. The van der Waals surface area contributed by atoms with Crippen LogP contribution in [-0.4, -0.2) is 30.1 Å². The molecule has 20 heavy (non-hydrogen) atoms. The average molecular weight is 300 g/mol. The van der Waals surface area contributed by atoms with Crippen LogP contribution >= 0.6 is 12.4 Å². The van der Waals surface area contributed by atoms with E-state index in [1.54, 1.807) is 18.3 Å². The minimum Gasteiger partial charge on any atom is -0.381 e. The van der Waals surface area contributed by atoms with E-state index in [4.69, 9.17) is 10.5 Å². The van der Waals surface area contributed by atoms with Gasteiger partial charge in [0.15, 0.2) is 0 Å². The first-order chi connectivity index (χ1) is 9.20. The van der Waals surface area contributed by atoms with Crippen LogP contribution in [0.3, 0.4) is 0 Å². The van der Waals surface area contributed by atoms with E-state index in [9.17, 15) is 4.79 Å². The summed E-state index contributed by atoms with van der Waals surface area (Å²) in [5, 5.41) is 3.05. The topological polar surface area (TPSA) is 77.2 Å². The van der Waals surface area contributed by atoms with E-state index in [1.165, 1.54) is 0 Å². The summed E-state index contributed by atoms with van der Waals surface area (Å²) in [6, 6.07) is 3.61. The molecule has 6 heteroatoms. The Bertz CT molecular complexity index is 436. The Balaban J connectivity index is 0.00000200. The Kier molecular flexibility index (Phi) is 6.91. The van der Waals surface area contributed by atoms with Gasteiger partial charge in [-0.2, -0.15) is 0 Å². The van der Waals surface area contributed by atoms with Crippen molar-refractivity contribution in [3.8, 4) is 0 Å². The minimum atomic E-state index is -0.0592. The Hall–Kier alpha value is -1.17. The number of ether oxygens (including phenoxy) is 1. The van der Waals surface area contributed by atoms with Crippen LogP contribution < -0.4 is 11.1 Å². The van der Waals surface area contributed by atoms with Crippen LogP contribution in [0.1, 0.15) is 35.8 Å². The van der Waals surface area contributed by atoms with Crippen LogP contribution in [-0.2, 0) is 11.3 Å². The molecule has 1 amide bonds. The molecule has 1 aliphatic rings. The van der Waals surface area contributed by atoms with Crippen LogP contribution in [0, 0.1) is 5.92 Å². The highest BCUT2D eigenvalue weighted by Gasteiger charge is 2.22. The van der Waals surface area contributed by atoms with Gasteiger partial charge in [0, 0.05) is 37.6 Å². The van der Waals surface area contributed by atoms with Crippen molar-refractivity contribution >= 4 is 18.3 Å². The van der Waals surface area contributed by atoms with E-state index >= 15 is 0 Å². The summed E-state index contributed by atoms with van der Waals surface area (Å²) in [4.78, 5) is 16.2. The second-order valence-electron chi connectivity index (χ2n) is 4.95. The molecule has 112 valence electrons. The Labute approximate surface area is 125 Å². The van der Waals surface area contributed by atoms with Gasteiger partial charge in [0.25, 0.3) is 5.91 Å². The Morgan fingerprint density at radius 2 is 2.25 bits per heavy atom. The van der Waals surface area contributed by atoms with Gasteiger partial charge < -0.3 is 15.8 Å². The number of rotatable bonds is 4. The second kappa shape index (κ2) is 8.19. The lowest BCUT2D eigenvalue weighted by Gasteiger charge is -2.28. The number of carbonyl (C=O) groups excluding carboxylic acids is 1. The van der Waals surface area contributed by atoms with Gasteiger partial charge in [0.2, 0.25) is 0 Å². The Morgan fingerprint density at radius 1 is 1.55 bits per heavy atom. The van der Waals surface area contributed by atoms with Crippen molar-refractivity contribution in [1.82, 2.24) is 10.3 Å². The highest BCUT2D eigenvalue weighted by Crippen LogP contribution is 2.18. The lowest BCUT2D eigenvalue weighted by Crippen LogP contribution is -2.40. The molecule has 0 spiro atoms. The van der Waals surface area contributed by atoms with E-state index in [2.05, 4.69) is 17.2 Å². The van der Waals surface area contributed by atoms with E-state index < -0.39 is 0 Å². The van der Waals surface area contributed by atoms with Gasteiger partial charge in [-0.3, -0.25) is 9.78 Å². The maximum atomic E-state index is 12.2. The molecule has 5 nitrogen and oxygen atoms in total. The number of aromatic nitrogens is 1. The molecular formula is C14H22ClN3O2. The van der Waals surface area contributed by atoms with Crippen molar-refractivity contribution in [2.45, 2.75) is 32.4 Å². The van der Waals surface area contributed by atoms with Crippen molar-refractivity contribution in [3.63, 3.8) is 0 Å². The predicted molar refractivity (Wildman–Crippen MR) is 79.8 cm³/mol. The summed E-state index contributed by atoms with van der Waals surface area (Å²) in [5.74, 6) is 0.435. The summed E-state index contributed by atoms with van der Waals surface area (Å²) in [6.45, 7) is 3.98. The van der Waals surface area contributed by atoms with Crippen molar-refractivity contribution in [2.75, 3.05) is 13.2 Å². The van der Waals surface area contributed by atoms with Crippen LogP contribution in [0.15, 0.2) is 18.3 Å². The molecule has 1 fully saturated rings. The van der Waals surface area contributed by atoms with E-state index in [0.29, 0.717) is 18.0 Å². The molecule has 2 heterocycles. The first-order valence-electron chi connectivity index (χ1n) is 6.74.